The average molecular weight is 193 g/mol. The Kier molecular flexibility index (Phi) is 2.30. The lowest BCUT2D eigenvalue weighted by atomic mass is 10.6. The molecule has 2 rings (SSSR count). The van der Waals surface area contributed by atoms with Crippen molar-refractivity contribution in [3.63, 3.8) is 0 Å². The maximum Gasteiger partial charge on any atom is 0.243 e. The van der Waals surface area contributed by atoms with Crippen LogP contribution in [0.5, 0.6) is 0 Å². The van der Waals surface area contributed by atoms with E-state index in [2.05, 4.69) is 25.6 Å². The molecule has 0 spiro atoms. The number of hydrogen-bond acceptors (Lipinski definition) is 5. The van der Waals surface area contributed by atoms with Crippen molar-refractivity contribution in [3.05, 3.63) is 18.5 Å². The van der Waals surface area contributed by atoms with Gasteiger partial charge in [-0.05, 0) is 6.07 Å². The van der Waals surface area contributed by atoms with Gasteiger partial charge in [0, 0.05) is 18.9 Å². The molecule has 0 aliphatic heterocycles. The van der Waals surface area contributed by atoms with E-state index >= 15 is 0 Å². The Bertz CT molecular complexity index is 376. The van der Waals surface area contributed by atoms with Crippen LogP contribution in [0.3, 0.4) is 0 Å². The van der Waals surface area contributed by atoms with Crippen molar-refractivity contribution in [2.75, 3.05) is 17.6 Å². The maximum atomic E-state index is 5.36. The number of nitrogens with one attached hydrogen (secondary N) is 2. The standard InChI is InChI=1S/C7H11N7/c8-6-11-7(13-12-6)9-3-5-14-4-1-2-10-14/h1-2,4H,3,5H2,(H4,8,9,11,12,13). The summed E-state index contributed by atoms with van der Waals surface area (Å²) in [6.07, 6.45) is 3.64. The van der Waals surface area contributed by atoms with E-state index in [1.807, 2.05) is 16.9 Å². The molecule has 0 aliphatic rings. The maximum absolute atomic E-state index is 5.36. The number of hydrogen-bond donors (Lipinski definition) is 3. The second-order valence-electron chi connectivity index (χ2n) is 2.74. The Labute approximate surface area is 80.3 Å². The SMILES string of the molecule is Nc1nc(NCCn2cccn2)n[nH]1. The van der Waals surface area contributed by atoms with Crippen molar-refractivity contribution in [2.24, 2.45) is 0 Å². The monoisotopic (exact) mass is 193 g/mol. The lowest BCUT2D eigenvalue weighted by Gasteiger charge is -2.01. The lowest BCUT2D eigenvalue weighted by molar-refractivity contribution is 0.636. The first-order valence-electron chi connectivity index (χ1n) is 4.24. The van der Waals surface area contributed by atoms with E-state index in [0.29, 0.717) is 18.4 Å². The number of rotatable bonds is 4. The minimum absolute atomic E-state index is 0.312. The summed E-state index contributed by atoms with van der Waals surface area (Å²) in [5, 5.41) is 13.4. The van der Waals surface area contributed by atoms with Gasteiger partial charge in [0.1, 0.15) is 0 Å². The molecule has 0 aliphatic carbocycles. The number of nitrogens with zero attached hydrogens (tertiary/aromatic N) is 4. The van der Waals surface area contributed by atoms with Gasteiger partial charge in [-0.3, -0.25) is 4.68 Å². The third-order valence-electron chi connectivity index (χ3n) is 1.69. The lowest BCUT2D eigenvalue weighted by Crippen LogP contribution is -2.11. The van der Waals surface area contributed by atoms with E-state index < -0.39 is 0 Å². The first kappa shape index (κ1) is 8.54. The van der Waals surface area contributed by atoms with Gasteiger partial charge in [-0.2, -0.15) is 10.1 Å². The Balaban J connectivity index is 1.78. The Morgan fingerprint density at radius 2 is 2.50 bits per heavy atom. The minimum atomic E-state index is 0.312. The highest BCUT2D eigenvalue weighted by Crippen LogP contribution is 1.97. The fraction of sp³-hybridized carbons (Fsp3) is 0.286. The second kappa shape index (κ2) is 3.77. The fourth-order valence-corrected chi connectivity index (χ4v) is 1.07. The molecule has 4 N–H and O–H groups in total. The van der Waals surface area contributed by atoms with Crippen molar-refractivity contribution >= 4 is 11.9 Å². The Morgan fingerprint density at radius 1 is 1.57 bits per heavy atom. The smallest absolute Gasteiger partial charge is 0.243 e. The molecule has 2 aromatic rings. The molecule has 0 aromatic carbocycles. The summed E-state index contributed by atoms with van der Waals surface area (Å²) in [5.41, 5.74) is 5.36. The molecule has 0 saturated heterocycles. The molecule has 0 atom stereocenters. The fourth-order valence-electron chi connectivity index (χ4n) is 1.07. The third kappa shape index (κ3) is 2.00. The first-order valence-corrected chi connectivity index (χ1v) is 4.24. The van der Waals surface area contributed by atoms with Crippen LogP contribution in [0.2, 0.25) is 0 Å². The molecule has 74 valence electrons. The van der Waals surface area contributed by atoms with E-state index in [9.17, 15) is 0 Å². The molecule has 0 fully saturated rings. The normalized spacial score (nSPS) is 10.3. The highest BCUT2D eigenvalue weighted by molar-refractivity contribution is 5.29. The van der Waals surface area contributed by atoms with Gasteiger partial charge in [0.15, 0.2) is 0 Å². The van der Waals surface area contributed by atoms with Gasteiger partial charge >= 0.3 is 0 Å². The molecule has 2 heterocycles. The second-order valence-corrected chi connectivity index (χ2v) is 2.74. The molecular weight excluding hydrogens is 182 g/mol. The first-order chi connectivity index (χ1) is 6.84. The predicted octanol–water partition coefficient (Wildman–Crippen LogP) is -0.305. The van der Waals surface area contributed by atoms with Gasteiger partial charge < -0.3 is 11.1 Å². The number of H-pyrrole nitrogens is 1. The Hall–Kier alpha value is -2.05. The number of aromatic nitrogens is 5. The summed E-state index contributed by atoms with van der Waals surface area (Å²) < 4.78 is 1.82. The number of nitrogen functional groups attached to an aromatic ring is 1. The van der Waals surface area contributed by atoms with Crippen molar-refractivity contribution in [2.45, 2.75) is 6.54 Å². The van der Waals surface area contributed by atoms with E-state index in [1.54, 1.807) is 6.20 Å². The van der Waals surface area contributed by atoms with Crippen LogP contribution in [0.25, 0.3) is 0 Å². The highest BCUT2D eigenvalue weighted by atomic mass is 15.3. The topological polar surface area (TPSA) is 97.4 Å². The van der Waals surface area contributed by atoms with Crippen molar-refractivity contribution in [1.29, 1.82) is 0 Å². The van der Waals surface area contributed by atoms with Gasteiger partial charge in [-0.25, -0.2) is 5.10 Å². The van der Waals surface area contributed by atoms with E-state index in [1.165, 1.54) is 0 Å². The molecule has 7 heteroatoms. The molecular formula is C7H11N7. The number of aromatic amines is 1. The number of anilines is 2. The Morgan fingerprint density at radius 3 is 3.14 bits per heavy atom. The van der Waals surface area contributed by atoms with E-state index in [4.69, 9.17) is 5.73 Å². The van der Waals surface area contributed by atoms with Crippen LogP contribution < -0.4 is 11.1 Å². The molecule has 0 amide bonds. The van der Waals surface area contributed by atoms with E-state index in [-0.39, 0.29) is 0 Å². The molecule has 0 radical (unpaired) electrons. The summed E-state index contributed by atoms with van der Waals surface area (Å²) in [7, 11) is 0. The summed E-state index contributed by atoms with van der Waals surface area (Å²) in [6.45, 7) is 1.47. The molecule has 0 saturated carbocycles. The van der Waals surface area contributed by atoms with Crippen molar-refractivity contribution in [1.82, 2.24) is 25.0 Å². The van der Waals surface area contributed by atoms with Crippen LogP contribution in [-0.4, -0.2) is 31.5 Å². The summed E-state index contributed by atoms with van der Waals surface area (Å²) in [5.74, 6) is 0.821. The largest absolute Gasteiger partial charge is 0.368 e. The van der Waals surface area contributed by atoms with Crippen LogP contribution in [0.15, 0.2) is 18.5 Å². The zero-order chi connectivity index (χ0) is 9.80. The summed E-state index contributed by atoms with van der Waals surface area (Å²) in [4.78, 5) is 3.90. The third-order valence-corrected chi connectivity index (χ3v) is 1.69. The van der Waals surface area contributed by atoms with Crippen LogP contribution in [0.4, 0.5) is 11.9 Å². The van der Waals surface area contributed by atoms with Crippen molar-refractivity contribution < 1.29 is 0 Å². The quantitative estimate of drug-likeness (QED) is 0.619. The molecule has 2 aromatic heterocycles. The molecule has 0 unspecified atom stereocenters. The zero-order valence-electron chi connectivity index (χ0n) is 7.51. The number of nitrogens with two attached hydrogens (primary N) is 1. The van der Waals surface area contributed by atoms with E-state index in [0.717, 1.165) is 6.54 Å². The molecule has 14 heavy (non-hydrogen) atoms. The molecule has 7 nitrogen and oxygen atoms in total. The van der Waals surface area contributed by atoms with Crippen LogP contribution in [0.1, 0.15) is 0 Å². The van der Waals surface area contributed by atoms with Crippen LogP contribution in [0, 0.1) is 0 Å². The van der Waals surface area contributed by atoms with Crippen LogP contribution in [-0.2, 0) is 6.54 Å². The minimum Gasteiger partial charge on any atom is -0.368 e. The summed E-state index contributed by atoms with van der Waals surface area (Å²) >= 11 is 0. The predicted molar refractivity (Wildman–Crippen MR) is 51.5 cm³/mol. The van der Waals surface area contributed by atoms with Crippen LogP contribution >= 0.6 is 0 Å². The van der Waals surface area contributed by atoms with Gasteiger partial charge in [-0.15, -0.1) is 5.10 Å². The highest BCUT2D eigenvalue weighted by Gasteiger charge is 1.97. The van der Waals surface area contributed by atoms with Gasteiger partial charge in [0.25, 0.3) is 0 Å². The molecule has 0 bridgehead atoms. The van der Waals surface area contributed by atoms with Gasteiger partial charge in [0.05, 0.1) is 6.54 Å². The van der Waals surface area contributed by atoms with Gasteiger partial charge in [0.2, 0.25) is 11.9 Å². The average Bonchev–Trinajstić information content (AvgIpc) is 2.77. The van der Waals surface area contributed by atoms with Gasteiger partial charge in [-0.1, -0.05) is 0 Å². The summed E-state index contributed by atoms with van der Waals surface area (Å²) in [6, 6.07) is 1.88. The zero-order valence-corrected chi connectivity index (χ0v) is 7.51. The van der Waals surface area contributed by atoms with Crippen molar-refractivity contribution in [3.8, 4) is 0 Å².